The molecule has 112 valence electrons. The lowest BCUT2D eigenvalue weighted by Crippen LogP contribution is -2.01. The average molecular weight is 312 g/mol. The van der Waals surface area contributed by atoms with Crippen molar-refractivity contribution in [2.24, 2.45) is 0 Å². The van der Waals surface area contributed by atoms with Crippen molar-refractivity contribution < 1.29 is 24.2 Å². The van der Waals surface area contributed by atoms with Gasteiger partial charge in [0, 0.05) is 23.9 Å². The van der Waals surface area contributed by atoms with Crippen molar-refractivity contribution in [2.45, 2.75) is 26.7 Å². The number of phenolic OH excluding ortho intramolecular Hbond substituents is 2. The molecule has 2 aromatic rings. The molecule has 1 heterocycles. The Morgan fingerprint density at radius 2 is 2.05 bits per heavy atom. The molecule has 0 saturated heterocycles. The van der Waals surface area contributed by atoms with Crippen molar-refractivity contribution in [1.29, 1.82) is 0 Å². The van der Waals surface area contributed by atoms with Gasteiger partial charge < -0.3 is 14.9 Å². The number of esters is 1. The molecule has 0 aliphatic rings. The van der Waals surface area contributed by atoms with Crippen molar-refractivity contribution in [3.63, 3.8) is 0 Å². The number of benzene rings is 1. The topological polar surface area (TPSA) is 78.1 Å². The van der Waals surface area contributed by atoms with Gasteiger partial charge in [0.2, 0.25) is 0 Å². The van der Waals surface area contributed by atoms with E-state index in [1.54, 1.807) is 13.0 Å². The van der Waals surface area contributed by atoms with Crippen LogP contribution in [0.15, 0.2) is 16.7 Å². The number of phenols is 2. The minimum atomic E-state index is -0.321. The van der Waals surface area contributed by atoms with Gasteiger partial charge in [0.1, 0.15) is 16.9 Å². The van der Waals surface area contributed by atoms with Crippen LogP contribution in [0.5, 0.6) is 11.5 Å². The van der Waals surface area contributed by atoms with E-state index in [-0.39, 0.29) is 22.5 Å². The molecule has 0 amide bonds. The molecule has 21 heavy (non-hydrogen) atoms. The SMILES string of the molecule is CC(=O)OCCCc1cc2c(Cl)c(O)c(C)c(O)c2c[o+]1. The molecule has 0 aliphatic carbocycles. The summed E-state index contributed by atoms with van der Waals surface area (Å²) < 4.78 is 10.3. The summed E-state index contributed by atoms with van der Waals surface area (Å²) in [5.41, 5.74) is 0.310. The Morgan fingerprint density at radius 3 is 2.71 bits per heavy atom. The summed E-state index contributed by atoms with van der Waals surface area (Å²) in [6, 6.07) is 1.67. The molecule has 0 saturated carbocycles. The third kappa shape index (κ3) is 3.19. The van der Waals surface area contributed by atoms with Crippen molar-refractivity contribution in [3.8, 4) is 11.5 Å². The fourth-order valence-electron chi connectivity index (χ4n) is 2.04. The Balaban J connectivity index is 2.27. The molecule has 0 spiro atoms. The molecule has 2 rings (SSSR count). The molecule has 0 fully saturated rings. The molecule has 0 radical (unpaired) electrons. The first-order chi connectivity index (χ1) is 9.91. The van der Waals surface area contributed by atoms with Crippen LogP contribution in [-0.4, -0.2) is 22.8 Å². The van der Waals surface area contributed by atoms with E-state index >= 15 is 0 Å². The van der Waals surface area contributed by atoms with E-state index in [0.717, 1.165) is 0 Å². The number of hydrogen-bond acceptors (Lipinski definition) is 4. The number of fused-ring (bicyclic) bond motifs is 1. The molecule has 1 aromatic carbocycles. The number of carbonyl (C=O) groups is 1. The molecule has 6 heteroatoms. The van der Waals surface area contributed by atoms with E-state index in [1.165, 1.54) is 13.2 Å². The summed E-state index contributed by atoms with van der Waals surface area (Å²) in [7, 11) is 0. The second-order valence-corrected chi connectivity index (χ2v) is 5.13. The lowest BCUT2D eigenvalue weighted by molar-refractivity contribution is -0.141. The van der Waals surface area contributed by atoms with Gasteiger partial charge in [-0.2, -0.15) is 0 Å². The fraction of sp³-hybridized carbons (Fsp3) is 0.333. The lowest BCUT2D eigenvalue weighted by Gasteiger charge is -2.07. The second kappa shape index (κ2) is 6.18. The Kier molecular flexibility index (Phi) is 4.53. The predicted molar refractivity (Wildman–Crippen MR) is 78.7 cm³/mol. The van der Waals surface area contributed by atoms with E-state index in [9.17, 15) is 15.0 Å². The predicted octanol–water partition coefficient (Wildman–Crippen LogP) is 3.58. The summed E-state index contributed by atoms with van der Waals surface area (Å²) in [5.74, 6) is 0.110. The van der Waals surface area contributed by atoms with Crippen LogP contribution in [0.4, 0.5) is 0 Å². The Hall–Kier alpha value is -2.01. The van der Waals surface area contributed by atoms with Gasteiger partial charge in [0.05, 0.1) is 18.1 Å². The Bertz CT molecular complexity index is 696. The van der Waals surface area contributed by atoms with Crippen molar-refractivity contribution in [3.05, 3.63) is 28.7 Å². The van der Waals surface area contributed by atoms with Crippen LogP contribution in [-0.2, 0) is 16.0 Å². The number of rotatable bonds is 4. The van der Waals surface area contributed by atoms with Crippen LogP contribution in [0.25, 0.3) is 10.8 Å². The van der Waals surface area contributed by atoms with E-state index < -0.39 is 0 Å². The Labute approximate surface area is 126 Å². The first kappa shape index (κ1) is 15.4. The van der Waals surface area contributed by atoms with Crippen LogP contribution in [0.3, 0.4) is 0 Å². The standard InChI is InChI=1S/C15H15ClO5/c1-8-14(18)12-7-21-10(4-3-5-20-9(2)17)6-11(12)13(16)15(8)19/h6-7H,3-5H2,1-2H3,(H-,18,19)/p+1. The molecule has 2 N–H and O–H groups in total. The van der Waals surface area contributed by atoms with Gasteiger partial charge in [-0.1, -0.05) is 11.6 Å². The number of carbonyl (C=O) groups excluding carboxylic acids is 1. The summed E-state index contributed by atoms with van der Waals surface area (Å²) in [6.45, 7) is 3.23. The highest BCUT2D eigenvalue weighted by atomic mass is 35.5. The van der Waals surface area contributed by atoms with Crippen LogP contribution in [0, 0.1) is 6.92 Å². The highest BCUT2D eigenvalue weighted by Gasteiger charge is 2.20. The minimum Gasteiger partial charge on any atom is -0.507 e. The Morgan fingerprint density at radius 1 is 1.33 bits per heavy atom. The van der Waals surface area contributed by atoms with Gasteiger partial charge in [0.15, 0.2) is 0 Å². The van der Waals surface area contributed by atoms with E-state index in [4.69, 9.17) is 20.8 Å². The number of ether oxygens (including phenoxy) is 1. The fourth-order valence-corrected chi connectivity index (χ4v) is 2.33. The van der Waals surface area contributed by atoms with E-state index in [1.807, 2.05) is 0 Å². The van der Waals surface area contributed by atoms with Crippen LogP contribution in [0.2, 0.25) is 5.02 Å². The molecular weight excluding hydrogens is 296 g/mol. The van der Waals surface area contributed by atoms with Gasteiger partial charge in [0.25, 0.3) is 0 Å². The van der Waals surface area contributed by atoms with Gasteiger partial charge in [-0.25, -0.2) is 4.42 Å². The molecule has 0 bridgehead atoms. The van der Waals surface area contributed by atoms with Gasteiger partial charge in [-0.05, 0) is 13.3 Å². The molecule has 0 aliphatic heterocycles. The highest BCUT2D eigenvalue weighted by molar-refractivity contribution is 6.37. The summed E-state index contributed by atoms with van der Waals surface area (Å²) in [5, 5.41) is 21.0. The maximum Gasteiger partial charge on any atom is 0.329 e. The van der Waals surface area contributed by atoms with Crippen LogP contribution < -0.4 is 0 Å². The van der Waals surface area contributed by atoms with E-state index in [2.05, 4.69) is 0 Å². The molecule has 5 nitrogen and oxygen atoms in total. The molecule has 1 aromatic heterocycles. The largest absolute Gasteiger partial charge is 0.507 e. The number of aryl methyl sites for hydroxylation is 1. The lowest BCUT2D eigenvalue weighted by atomic mass is 10.1. The van der Waals surface area contributed by atoms with Gasteiger partial charge in [-0.15, -0.1) is 0 Å². The smallest absolute Gasteiger partial charge is 0.329 e. The molecular formula is C15H16ClO5+. The third-order valence-corrected chi connectivity index (χ3v) is 3.59. The van der Waals surface area contributed by atoms with E-state index in [0.29, 0.717) is 41.5 Å². The normalized spacial score (nSPS) is 10.8. The average Bonchev–Trinajstić information content (AvgIpc) is 2.47. The monoisotopic (exact) mass is 311 g/mol. The zero-order chi connectivity index (χ0) is 15.6. The van der Waals surface area contributed by atoms with Gasteiger partial charge in [-0.3, -0.25) is 4.79 Å². The first-order valence-electron chi connectivity index (χ1n) is 6.49. The van der Waals surface area contributed by atoms with Crippen LogP contribution >= 0.6 is 11.6 Å². The number of hydrogen-bond donors (Lipinski definition) is 2. The highest BCUT2D eigenvalue weighted by Crippen LogP contribution is 2.42. The van der Waals surface area contributed by atoms with Crippen molar-refractivity contribution in [2.75, 3.05) is 6.61 Å². The molecule has 0 atom stereocenters. The maximum atomic E-state index is 10.7. The second-order valence-electron chi connectivity index (χ2n) is 4.75. The van der Waals surface area contributed by atoms with Crippen molar-refractivity contribution in [1.82, 2.24) is 0 Å². The van der Waals surface area contributed by atoms with Crippen LogP contribution in [0.1, 0.15) is 24.7 Å². The quantitative estimate of drug-likeness (QED) is 0.512. The van der Waals surface area contributed by atoms with Crippen molar-refractivity contribution >= 4 is 28.3 Å². The summed E-state index contributed by atoms with van der Waals surface area (Å²) in [4.78, 5) is 10.7. The zero-order valence-corrected chi connectivity index (χ0v) is 12.5. The third-order valence-electron chi connectivity index (χ3n) is 3.21. The molecule has 0 unspecified atom stereocenters. The first-order valence-corrected chi connectivity index (χ1v) is 6.87. The number of halogens is 1. The summed E-state index contributed by atoms with van der Waals surface area (Å²) >= 11 is 6.11. The van der Waals surface area contributed by atoms with Gasteiger partial charge >= 0.3 is 18.0 Å². The summed E-state index contributed by atoms with van der Waals surface area (Å²) in [6.07, 6.45) is 2.56. The zero-order valence-electron chi connectivity index (χ0n) is 11.8. The maximum absolute atomic E-state index is 10.7. The number of aromatic hydroxyl groups is 2. The minimum absolute atomic E-state index is 0.0536.